The first kappa shape index (κ1) is 19.6. The zero-order valence-electron chi connectivity index (χ0n) is 15.4. The third kappa shape index (κ3) is 4.05. The lowest BCUT2D eigenvalue weighted by Crippen LogP contribution is -2.30. The van der Waals surface area contributed by atoms with Crippen LogP contribution in [0.4, 0.5) is 24.5 Å². The number of nitrogens with one attached hydrogen (secondary N) is 1. The summed E-state index contributed by atoms with van der Waals surface area (Å²) in [6.07, 6.45) is 3.06. The summed E-state index contributed by atoms with van der Waals surface area (Å²) < 4.78 is 47.7. The SMILES string of the molecule is O=C1CCc2c(OCC3=CCN(c4ccc(Cl)cc4F)CC3)cc(F)c(F)c2N1. The Labute approximate surface area is 170 Å². The first-order chi connectivity index (χ1) is 13.9. The first-order valence-electron chi connectivity index (χ1n) is 9.24. The summed E-state index contributed by atoms with van der Waals surface area (Å²) >= 11 is 5.80. The van der Waals surface area contributed by atoms with E-state index >= 15 is 0 Å². The minimum Gasteiger partial charge on any atom is -0.489 e. The molecule has 8 heteroatoms. The monoisotopic (exact) mass is 422 g/mol. The summed E-state index contributed by atoms with van der Waals surface area (Å²) in [7, 11) is 0. The van der Waals surface area contributed by atoms with Gasteiger partial charge in [-0.3, -0.25) is 4.79 Å². The molecule has 2 heterocycles. The van der Waals surface area contributed by atoms with Crippen molar-refractivity contribution in [2.75, 3.05) is 29.9 Å². The fourth-order valence-electron chi connectivity index (χ4n) is 3.56. The number of fused-ring (bicyclic) bond motifs is 1. The quantitative estimate of drug-likeness (QED) is 0.716. The van der Waals surface area contributed by atoms with Gasteiger partial charge >= 0.3 is 0 Å². The largest absolute Gasteiger partial charge is 0.489 e. The Morgan fingerprint density at radius 3 is 2.66 bits per heavy atom. The number of hydrogen-bond donors (Lipinski definition) is 1. The molecule has 4 rings (SSSR count). The predicted molar refractivity (Wildman–Crippen MR) is 105 cm³/mol. The van der Waals surface area contributed by atoms with E-state index in [0.717, 1.165) is 11.6 Å². The summed E-state index contributed by atoms with van der Waals surface area (Å²) in [4.78, 5) is 13.4. The fourth-order valence-corrected chi connectivity index (χ4v) is 3.72. The lowest BCUT2D eigenvalue weighted by Gasteiger charge is -2.29. The average Bonchev–Trinajstić information content (AvgIpc) is 2.70. The van der Waals surface area contributed by atoms with E-state index in [4.69, 9.17) is 16.3 Å². The molecular formula is C21H18ClF3N2O2. The molecule has 1 N–H and O–H groups in total. The molecule has 2 aliphatic rings. The van der Waals surface area contributed by atoms with Crippen molar-refractivity contribution in [3.63, 3.8) is 0 Å². The number of carbonyl (C=O) groups excluding carboxylic acids is 1. The minimum atomic E-state index is -1.07. The summed E-state index contributed by atoms with van der Waals surface area (Å²) in [5.41, 5.74) is 1.79. The van der Waals surface area contributed by atoms with Crippen molar-refractivity contribution < 1.29 is 22.7 Å². The number of halogens is 4. The molecule has 1 amide bonds. The topological polar surface area (TPSA) is 41.6 Å². The van der Waals surface area contributed by atoms with E-state index in [0.29, 0.717) is 35.8 Å². The number of benzene rings is 2. The molecule has 0 bridgehead atoms. The second-order valence-corrected chi connectivity index (χ2v) is 7.45. The fraction of sp³-hybridized carbons (Fsp3) is 0.286. The summed E-state index contributed by atoms with van der Waals surface area (Å²) in [6, 6.07) is 5.59. The van der Waals surface area contributed by atoms with Crippen LogP contribution in [-0.2, 0) is 11.2 Å². The van der Waals surface area contributed by atoms with Crippen LogP contribution in [0.3, 0.4) is 0 Å². The van der Waals surface area contributed by atoms with Crippen LogP contribution in [0.2, 0.25) is 5.02 Å². The van der Waals surface area contributed by atoms with Crippen LogP contribution in [0.15, 0.2) is 35.9 Å². The molecule has 152 valence electrons. The van der Waals surface area contributed by atoms with E-state index in [9.17, 15) is 18.0 Å². The standard InChI is InChI=1S/C21H18ClF3N2O2/c22-13-1-3-17(15(23)9-13)27-7-5-12(6-8-27)11-29-18-10-16(24)20(25)21-14(18)2-4-19(28)26-21/h1,3,5,9-10H,2,4,6-8,11H2,(H,26,28). The number of rotatable bonds is 4. The van der Waals surface area contributed by atoms with E-state index in [2.05, 4.69) is 5.32 Å². The zero-order chi connectivity index (χ0) is 20.5. The van der Waals surface area contributed by atoms with E-state index in [1.54, 1.807) is 12.1 Å². The predicted octanol–water partition coefficient (Wildman–Crippen LogP) is 4.86. The molecule has 2 aromatic rings. The van der Waals surface area contributed by atoms with Crippen LogP contribution >= 0.6 is 11.6 Å². The molecule has 0 saturated heterocycles. The zero-order valence-corrected chi connectivity index (χ0v) is 16.2. The van der Waals surface area contributed by atoms with Crippen LogP contribution in [0.25, 0.3) is 0 Å². The lowest BCUT2D eigenvalue weighted by molar-refractivity contribution is -0.116. The van der Waals surface area contributed by atoms with Crippen LogP contribution in [0.5, 0.6) is 5.75 Å². The van der Waals surface area contributed by atoms with Gasteiger partial charge in [0.15, 0.2) is 11.6 Å². The second kappa shape index (κ2) is 7.99. The van der Waals surface area contributed by atoms with Crippen LogP contribution in [-0.4, -0.2) is 25.6 Å². The Balaban J connectivity index is 1.45. The second-order valence-electron chi connectivity index (χ2n) is 7.02. The minimum absolute atomic E-state index is 0.140. The summed E-state index contributed by atoms with van der Waals surface area (Å²) in [5.74, 6) is -2.63. The van der Waals surface area contributed by atoms with Gasteiger partial charge < -0.3 is 15.0 Å². The summed E-state index contributed by atoms with van der Waals surface area (Å²) in [5, 5.41) is 2.73. The van der Waals surface area contributed by atoms with Gasteiger partial charge in [-0.05, 0) is 36.6 Å². The molecule has 0 unspecified atom stereocenters. The molecule has 0 radical (unpaired) electrons. The number of carbonyl (C=O) groups is 1. The van der Waals surface area contributed by atoms with Crippen molar-refractivity contribution in [2.45, 2.75) is 19.3 Å². The number of ether oxygens (including phenoxy) is 1. The Morgan fingerprint density at radius 2 is 1.93 bits per heavy atom. The molecule has 0 aromatic heterocycles. The number of amides is 1. The van der Waals surface area contributed by atoms with Crippen molar-refractivity contribution in [3.8, 4) is 5.75 Å². The van der Waals surface area contributed by atoms with E-state index < -0.39 is 11.6 Å². The van der Waals surface area contributed by atoms with Gasteiger partial charge in [0.1, 0.15) is 18.2 Å². The van der Waals surface area contributed by atoms with Gasteiger partial charge in [0, 0.05) is 36.2 Å². The molecule has 0 saturated carbocycles. The maximum Gasteiger partial charge on any atom is 0.224 e. The molecule has 0 spiro atoms. The smallest absolute Gasteiger partial charge is 0.224 e. The molecule has 2 aliphatic heterocycles. The Bertz CT molecular complexity index is 1010. The van der Waals surface area contributed by atoms with Crippen LogP contribution < -0.4 is 15.0 Å². The highest BCUT2D eigenvalue weighted by molar-refractivity contribution is 6.30. The van der Waals surface area contributed by atoms with Crippen molar-refractivity contribution in [2.24, 2.45) is 0 Å². The van der Waals surface area contributed by atoms with Gasteiger partial charge in [0.2, 0.25) is 5.91 Å². The van der Waals surface area contributed by atoms with E-state index in [-0.39, 0.29) is 42.6 Å². The van der Waals surface area contributed by atoms with Gasteiger partial charge in [-0.2, -0.15) is 0 Å². The highest BCUT2D eigenvalue weighted by Gasteiger charge is 2.25. The third-order valence-electron chi connectivity index (χ3n) is 5.12. The molecule has 29 heavy (non-hydrogen) atoms. The Kier molecular flexibility index (Phi) is 5.41. The number of hydrogen-bond acceptors (Lipinski definition) is 3. The van der Waals surface area contributed by atoms with Gasteiger partial charge in [-0.25, -0.2) is 13.2 Å². The highest BCUT2D eigenvalue weighted by Crippen LogP contribution is 2.36. The van der Waals surface area contributed by atoms with Crippen molar-refractivity contribution >= 4 is 28.9 Å². The number of anilines is 2. The highest BCUT2D eigenvalue weighted by atomic mass is 35.5. The van der Waals surface area contributed by atoms with E-state index in [1.807, 2.05) is 11.0 Å². The van der Waals surface area contributed by atoms with Gasteiger partial charge in [0.05, 0.1) is 11.4 Å². The maximum atomic E-state index is 14.1. The third-order valence-corrected chi connectivity index (χ3v) is 5.35. The first-order valence-corrected chi connectivity index (χ1v) is 9.61. The normalized spacial score (nSPS) is 16.2. The van der Waals surface area contributed by atoms with Crippen molar-refractivity contribution in [3.05, 3.63) is 64.0 Å². The van der Waals surface area contributed by atoms with E-state index in [1.165, 1.54) is 6.07 Å². The molecule has 0 aliphatic carbocycles. The van der Waals surface area contributed by atoms with Gasteiger partial charge in [-0.1, -0.05) is 17.7 Å². The Morgan fingerprint density at radius 1 is 1.10 bits per heavy atom. The molecule has 4 nitrogen and oxygen atoms in total. The van der Waals surface area contributed by atoms with Crippen molar-refractivity contribution in [1.29, 1.82) is 0 Å². The molecule has 0 atom stereocenters. The lowest BCUT2D eigenvalue weighted by atomic mass is 10.0. The van der Waals surface area contributed by atoms with Crippen molar-refractivity contribution in [1.82, 2.24) is 0 Å². The molecule has 0 fully saturated rings. The van der Waals surface area contributed by atoms with Gasteiger partial charge in [0.25, 0.3) is 0 Å². The van der Waals surface area contributed by atoms with Crippen LogP contribution in [0, 0.1) is 17.5 Å². The van der Waals surface area contributed by atoms with Crippen LogP contribution in [0.1, 0.15) is 18.4 Å². The number of nitrogens with zero attached hydrogens (tertiary/aromatic N) is 1. The summed E-state index contributed by atoms with van der Waals surface area (Å²) in [6.45, 7) is 1.31. The average molecular weight is 423 g/mol. The molecule has 2 aromatic carbocycles. The molecular weight excluding hydrogens is 405 g/mol. The Hall–Kier alpha value is -2.67. The van der Waals surface area contributed by atoms with Gasteiger partial charge in [-0.15, -0.1) is 0 Å². The maximum absolute atomic E-state index is 14.1.